The van der Waals surface area contributed by atoms with Gasteiger partial charge in [0.25, 0.3) is 11.8 Å². The molecule has 2 atom stereocenters. The van der Waals surface area contributed by atoms with Gasteiger partial charge in [0, 0.05) is 44.1 Å². The van der Waals surface area contributed by atoms with Gasteiger partial charge in [-0.3, -0.25) is 14.6 Å². The highest BCUT2D eigenvalue weighted by atomic mass is 19.1. The summed E-state index contributed by atoms with van der Waals surface area (Å²) in [5.74, 6) is 0.541. The van der Waals surface area contributed by atoms with E-state index in [1.165, 1.54) is 18.2 Å². The number of nitrogens with one attached hydrogen (secondary N) is 1. The number of carbonyl (C=O) groups excluding carboxylic acids is 2. The van der Waals surface area contributed by atoms with Crippen molar-refractivity contribution in [2.75, 3.05) is 18.4 Å². The monoisotopic (exact) mass is 420 g/mol. The molecule has 0 unspecified atom stereocenters. The lowest BCUT2D eigenvalue weighted by Crippen LogP contribution is -2.31. The van der Waals surface area contributed by atoms with Crippen molar-refractivity contribution in [1.29, 1.82) is 0 Å². The van der Waals surface area contributed by atoms with Crippen LogP contribution in [0.1, 0.15) is 32.4 Å². The molecular weight excluding hydrogens is 399 g/mol. The summed E-state index contributed by atoms with van der Waals surface area (Å²) in [6.07, 6.45) is 3.98. The highest BCUT2D eigenvalue weighted by molar-refractivity contribution is 6.01. The first-order valence-corrected chi connectivity index (χ1v) is 10.2. The summed E-state index contributed by atoms with van der Waals surface area (Å²) in [7, 11) is 0. The molecule has 1 N–H and O–H groups in total. The maximum Gasteiger partial charge on any atom is 0.293 e. The number of rotatable bonds is 3. The Labute approximate surface area is 178 Å². The van der Waals surface area contributed by atoms with Gasteiger partial charge in [-0.25, -0.2) is 4.39 Å². The summed E-state index contributed by atoms with van der Waals surface area (Å²) in [6.45, 7) is 3.74. The van der Waals surface area contributed by atoms with Crippen molar-refractivity contribution in [2.24, 2.45) is 11.8 Å². The average Bonchev–Trinajstić information content (AvgIpc) is 3.34. The van der Waals surface area contributed by atoms with Crippen LogP contribution in [0.25, 0.3) is 0 Å². The minimum Gasteiger partial charge on any atom is -0.338 e. The molecule has 2 aliphatic heterocycles. The number of aryl methyl sites for hydroxylation is 1. The summed E-state index contributed by atoms with van der Waals surface area (Å²) < 4.78 is 15.2. The van der Waals surface area contributed by atoms with Crippen LogP contribution in [0.2, 0.25) is 0 Å². The molecule has 0 saturated carbocycles. The van der Waals surface area contributed by atoms with Crippen LogP contribution in [0.5, 0.6) is 0 Å². The SMILES string of the molecule is Cc1cncc(C(=O)N2C[C@@H]3Cc4nnc(C(=O)Nc5cccc(F)c5)n4C[C@@H]3C2)c1. The first-order valence-electron chi connectivity index (χ1n) is 10.2. The van der Waals surface area contributed by atoms with Crippen LogP contribution in [0.3, 0.4) is 0 Å². The van der Waals surface area contributed by atoms with Crippen molar-refractivity contribution >= 4 is 17.5 Å². The van der Waals surface area contributed by atoms with E-state index in [9.17, 15) is 14.0 Å². The van der Waals surface area contributed by atoms with Gasteiger partial charge in [0.1, 0.15) is 11.6 Å². The van der Waals surface area contributed by atoms with E-state index in [0.29, 0.717) is 37.3 Å². The Bertz CT molecular complexity index is 1180. The van der Waals surface area contributed by atoms with E-state index in [4.69, 9.17) is 0 Å². The Balaban J connectivity index is 1.31. The van der Waals surface area contributed by atoms with Gasteiger partial charge in [-0.1, -0.05) is 6.07 Å². The number of hydrogen-bond donors (Lipinski definition) is 1. The number of likely N-dealkylation sites (tertiary alicyclic amines) is 1. The highest BCUT2D eigenvalue weighted by Gasteiger charge is 2.40. The topological polar surface area (TPSA) is 93.0 Å². The first-order chi connectivity index (χ1) is 15.0. The van der Waals surface area contributed by atoms with Gasteiger partial charge in [-0.2, -0.15) is 0 Å². The molecular formula is C22H21FN6O2. The lowest BCUT2D eigenvalue weighted by molar-refractivity contribution is 0.0782. The van der Waals surface area contributed by atoms with E-state index >= 15 is 0 Å². The summed E-state index contributed by atoms with van der Waals surface area (Å²) >= 11 is 0. The third-order valence-corrected chi connectivity index (χ3v) is 5.96. The summed E-state index contributed by atoms with van der Waals surface area (Å²) in [5.41, 5.74) is 1.90. The number of benzene rings is 1. The quantitative estimate of drug-likeness (QED) is 0.702. The number of fused-ring (bicyclic) bond motifs is 2. The number of hydrogen-bond acceptors (Lipinski definition) is 5. The molecule has 0 bridgehead atoms. The van der Waals surface area contributed by atoms with Gasteiger partial charge in [-0.15, -0.1) is 10.2 Å². The number of carbonyl (C=O) groups is 2. The molecule has 4 heterocycles. The van der Waals surface area contributed by atoms with Crippen LogP contribution in [0.4, 0.5) is 10.1 Å². The van der Waals surface area contributed by atoms with Gasteiger partial charge in [-0.05, 0) is 48.6 Å². The first kappa shape index (κ1) is 19.3. The molecule has 1 saturated heterocycles. The predicted molar refractivity (Wildman–Crippen MR) is 110 cm³/mol. The standard InChI is InChI=1S/C22H21FN6O2/c1-13-5-14(9-24-8-13)22(31)28-10-15-6-19-26-27-20(29(19)12-16(15)11-28)21(30)25-18-4-2-3-17(23)7-18/h2-5,7-9,15-16H,6,10-12H2,1H3,(H,25,30)/t15-,16-/m0/s1. The molecule has 5 rings (SSSR count). The summed E-state index contributed by atoms with van der Waals surface area (Å²) in [5, 5.41) is 11.0. The predicted octanol–water partition coefficient (Wildman–Crippen LogP) is 2.32. The van der Waals surface area contributed by atoms with Crippen molar-refractivity contribution in [3.63, 3.8) is 0 Å². The van der Waals surface area contributed by atoms with Crippen molar-refractivity contribution in [1.82, 2.24) is 24.6 Å². The zero-order chi connectivity index (χ0) is 21.5. The largest absolute Gasteiger partial charge is 0.338 e. The second-order valence-corrected chi connectivity index (χ2v) is 8.20. The van der Waals surface area contributed by atoms with Crippen molar-refractivity contribution < 1.29 is 14.0 Å². The molecule has 2 amide bonds. The van der Waals surface area contributed by atoms with E-state index in [1.807, 2.05) is 22.5 Å². The smallest absolute Gasteiger partial charge is 0.293 e. The van der Waals surface area contributed by atoms with Gasteiger partial charge in [0.15, 0.2) is 0 Å². The lowest BCUT2D eigenvalue weighted by atomic mass is 9.89. The number of halogens is 1. The minimum atomic E-state index is -0.431. The summed E-state index contributed by atoms with van der Waals surface area (Å²) in [6, 6.07) is 7.56. The van der Waals surface area contributed by atoms with Gasteiger partial charge < -0.3 is 14.8 Å². The molecule has 1 fully saturated rings. The molecule has 8 nitrogen and oxygen atoms in total. The van der Waals surface area contributed by atoms with E-state index < -0.39 is 11.7 Å². The summed E-state index contributed by atoms with van der Waals surface area (Å²) in [4.78, 5) is 31.6. The fourth-order valence-corrected chi connectivity index (χ4v) is 4.47. The molecule has 2 aromatic heterocycles. The Hall–Kier alpha value is -3.62. The Kier molecular flexibility index (Phi) is 4.72. The number of amides is 2. The lowest BCUT2D eigenvalue weighted by Gasteiger charge is -2.25. The minimum absolute atomic E-state index is 0.0227. The number of nitrogens with zero attached hydrogens (tertiary/aromatic N) is 5. The third-order valence-electron chi connectivity index (χ3n) is 5.96. The van der Waals surface area contributed by atoms with Gasteiger partial charge in [0.05, 0.1) is 5.56 Å². The zero-order valence-electron chi connectivity index (χ0n) is 17.0. The van der Waals surface area contributed by atoms with Crippen LogP contribution in [0, 0.1) is 24.6 Å². The van der Waals surface area contributed by atoms with E-state index in [-0.39, 0.29) is 23.6 Å². The maximum absolute atomic E-state index is 13.4. The molecule has 0 aliphatic carbocycles. The highest BCUT2D eigenvalue weighted by Crippen LogP contribution is 2.33. The van der Waals surface area contributed by atoms with Crippen LogP contribution in [-0.2, 0) is 13.0 Å². The van der Waals surface area contributed by atoms with Crippen LogP contribution >= 0.6 is 0 Å². The Morgan fingerprint density at radius 3 is 2.74 bits per heavy atom. The van der Waals surface area contributed by atoms with E-state index in [1.54, 1.807) is 18.5 Å². The molecule has 1 aromatic carbocycles. The fraction of sp³-hybridized carbons (Fsp3) is 0.318. The number of aromatic nitrogens is 4. The molecule has 3 aromatic rings. The van der Waals surface area contributed by atoms with Crippen molar-refractivity contribution in [2.45, 2.75) is 19.9 Å². The van der Waals surface area contributed by atoms with Crippen LogP contribution in [-0.4, -0.2) is 49.6 Å². The van der Waals surface area contributed by atoms with Crippen LogP contribution < -0.4 is 5.32 Å². The van der Waals surface area contributed by atoms with Crippen molar-refractivity contribution in [3.8, 4) is 0 Å². The van der Waals surface area contributed by atoms with E-state index in [0.717, 1.165) is 11.4 Å². The molecule has 9 heteroatoms. The van der Waals surface area contributed by atoms with E-state index in [2.05, 4.69) is 20.5 Å². The Morgan fingerprint density at radius 2 is 1.94 bits per heavy atom. The normalized spacial score (nSPS) is 19.6. The van der Waals surface area contributed by atoms with Gasteiger partial charge in [0.2, 0.25) is 5.82 Å². The third kappa shape index (κ3) is 3.67. The fourth-order valence-electron chi connectivity index (χ4n) is 4.47. The Morgan fingerprint density at radius 1 is 1.10 bits per heavy atom. The van der Waals surface area contributed by atoms with Crippen LogP contribution in [0.15, 0.2) is 42.7 Å². The number of anilines is 1. The molecule has 0 radical (unpaired) electrons. The maximum atomic E-state index is 13.4. The second-order valence-electron chi connectivity index (χ2n) is 8.20. The zero-order valence-corrected chi connectivity index (χ0v) is 17.0. The number of pyridine rings is 1. The molecule has 0 spiro atoms. The molecule has 31 heavy (non-hydrogen) atoms. The van der Waals surface area contributed by atoms with Crippen molar-refractivity contribution in [3.05, 3.63) is 71.3 Å². The average molecular weight is 420 g/mol. The second kappa shape index (κ2) is 7.57. The molecule has 158 valence electrons. The molecule has 2 aliphatic rings. The van der Waals surface area contributed by atoms with Gasteiger partial charge >= 0.3 is 0 Å².